The number of unbranched alkanes of at least 4 members (excludes halogenated alkanes) is 1. The third-order valence-electron chi connectivity index (χ3n) is 3.73. The summed E-state index contributed by atoms with van der Waals surface area (Å²) in [4.78, 5) is 20.6. The monoisotopic (exact) mass is 466 g/mol. The van der Waals surface area contributed by atoms with Crippen LogP contribution in [0.4, 0.5) is 4.79 Å². The number of allylic oxidation sites excluding steroid dienone is 1. The second-order valence-electron chi connectivity index (χ2n) is 7.23. The summed E-state index contributed by atoms with van der Waals surface area (Å²) in [5, 5.41) is 3.33. The van der Waals surface area contributed by atoms with E-state index in [2.05, 4.69) is 21.8 Å². The van der Waals surface area contributed by atoms with Crippen molar-refractivity contribution in [2.24, 2.45) is 4.99 Å². The van der Waals surface area contributed by atoms with Gasteiger partial charge in [0.2, 0.25) is 0 Å². The standard InChI is InChI=1S/C18H34N4O2.HI/c1-7-8-9-13-21(6)16(19-5)20-12-14-22(15-10-11-15)17(23)24-18(2,3)4;/h7,15H,1,8-14H2,2-6H3,(H,19,20);1H. The molecule has 25 heavy (non-hydrogen) atoms. The van der Waals surface area contributed by atoms with Gasteiger partial charge in [0.15, 0.2) is 5.96 Å². The summed E-state index contributed by atoms with van der Waals surface area (Å²) in [6, 6.07) is 0.328. The third kappa shape index (κ3) is 9.91. The highest BCUT2D eigenvalue weighted by Gasteiger charge is 2.34. The number of guanidine groups is 1. The van der Waals surface area contributed by atoms with Crippen LogP contribution in [0.3, 0.4) is 0 Å². The third-order valence-corrected chi connectivity index (χ3v) is 3.73. The zero-order chi connectivity index (χ0) is 18.2. The normalized spacial score (nSPS) is 14.4. The van der Waals surface area contributed by atoms with Crippen LogP contribution in [0.15, 0.2) is 17.6 Å². The maximum absolute atomic E-state index is 12.3. The Labute approximate surface area is 170 Å². The summed E-state index contributed by atoms with van der Waals surface area (Å²) in [6.07, 6.45) is 5.88. The fourth-order valence-electron chi connectivity index (χ4n) is 2.38. The molecule has 1 rings (SSSR count). The number of nitrogens with zero attached hydrogens (tertiary/aromatic N) is 3. The van der Waals surface area contributed by atoms with E-state index in [1.807, 2.05) is 38.8 Å². The van der Waals surface area contributed by atoms with Gasteiger partial charge in [0.05, 0.1) is 0 Å². The van der Waals surface area contributed by atoms with Crippen LogP contribution in [0.5, 0.6) is 0 Å². The SMILES string of the molecule is C=CCCCN(C)C(=NC)NCCN(C(=O)OC(C)(C)C)C1CC1.I. The number of aliphatic imine (C=N–C) groups is 1. The average molecular weight is 466 g/mol. The molecule has 0 aromatic carbocycles. The average Bonchev–Trinajstić information content (AvgIpc) is 3.30. The van der Waals surface area contributed by atoms with Crippen LogP contribution in [0, 0.1) is 0 Å². The second-order valence-corrected chi connectivity index (χ2v) is 7.23. The Morgan fingerprint density at radius 3 is 2.48 bits per heavy atom. The molecule has 0 aliphatic heterocycles. The maximum atomic E-state index is 12.3. The van der Waals surface area contributed by atoms with Gasteiger partial charge in [-0.3, -0.25) is 4.99 Å². The first-order valence-electron chi connectivity index (χ1n) is 8.80. The number of halogens is 1. The summed E-state index contributed by atoms with van der Waals surface area (Å²) in [5.41, 5.74) is -0.459. The van der Waals surface area contributed by atoms with E-state index >= 15 is 0 Å². The van der Waals surface area contributed by atoms with Gasteiger partial charge >= 0.3 is 6.09 Å². The van der Waals surface area contributed by atoms with Gasteiger partial charge in [-0.25, -0.2) is 4.79 Å². The van der Waals surface area contributed by atoms with Crippen LogP contribution in [0.1, 0.15) is 46.5 Å². The summed E-state index contributed by atoms with van der Waals surface area (Å²) in [6.45, 7) is 11.6. The fourth-order valence-corrected chi connectivity index (χ4v) is 2.38. The molecule has 0 spiro atoms. The Balaban J connectivity index is 0.00000576. The molecular weight excluding hydrogens is 431 g/mol. The predicted octanol–water partition coefficient (Wildman–Crippen LogP) is 3.48. The van der Waals surface area contributed by atoms with Gasteiger partial charge in [-0.15, -0.1) is 30.6 Å². The summed E-state index contributed by atoms with van der Waals surface area (Å²) in [7, 11) is 3.80. The van der Waals surface area contributed by atoms with Crippen molar-refractivity contribution in [3.63, 3.8) is 0 Å². The molecule has 0 heterocycles. The van der Waals surface area contributed by atoms with E-state index in [1.54, 1.807) is 7.05 Å². The van der Waals surface area contributed by atoms with Crippen molar-refractivity contribution in [3.05, 3.63) is 12.7 Å². The Bertz CT molecular complexity index is 445. The van der Waals surface area contributed by atoms with Crippen LogP contribution in [-0.4, -0.2) is 67.2 Å². The quantitative estimate of drug-likeness (QED) is 0.196. The molecule has 0 bridgehead atoms. The van der Waals surface area contributed by atoms with Gasteiger partial charge in [-0.05, 0) is 46.5 Å². The van der Waals surface area contributed by atoms with Crippen molar-refractivity contribution < 1.29 is 9.53 Å². The van der Waals surface area contributed by atoms with Crippen LogP contribution in [0.25, 0.3) is 0 Å². The van der Waals surface area contributed by atoms with E-state index < -0.39 is 5.60 Å². The number of amides is 1. The lowest BCUT2D eigenvalue weighted by atomic mass is 10.2. The highest BCUT2D eigenvalue weighted by atomic mass is 127. The van der Waals surface area contributed by atoms with Crippen molar-refractivity contribution in [1.29, 1.82) is 0 Å². The number of carbonyl (C=O) groups is 1. The smallest absolute Gasteiger partial charge is 0.410 e. The molecule has 1 aliphatic carbocycles. The summed E-state index contributed by atoms with van der Waals surface area (Å²) in [5.74, 6) is 0.846. The number of rotatable bonds is 8. The number of nitrogens with one attached hydrogen (secondary N) is 1. The molecule has 1 N–H and O–H groups in total. The predicted molar refractivity (Wildman–Crippen MR) is 115 cm³/mol. The highest BCUT2D eigenvalue weighted by Crippen LogP contribution is 2.28. The Hall–Kier alpha value is -0.990. The topological polar surface area (TPSA) is 57.2 Å². The first-order valence-corrected chi connectivity index (χ1v) is 8.80. The molecular formula is C18H35IN4O2. The molecule has 0 aromatic heterocycles. The molecule has 6 nitrogen and oxygen atoms in total. The van der Waals surface area contributed by atoms with Gasteiger partial charge < -0.3 is 19.9 Å². The Morgan fingerprint density at radius 1 is 1.36 bits per heavy atom. The van der Waals surface area contributed by atoms with Gasteiger partial charge in [0.1, 0.15) is 5.60 Å². The van der Waals surface area contributed by atoms with Crippen LogP contribution in [-0.2, 0) is 4.74 Å². The number of carbonyl (C=O) groups excluding carboxylic acids is 1. The van der Waals surface area contributed by atoms with Crippen molar-refractivity contribution >= 4 is 36.0 Å². The van der Waals surface area contributed by atoms with E-state index in [0.29, 0.717) is 19.1 Å². The minimum Gasteiger partial charge on any atom is -0.444 e. The lowest BCUT2D eigenvalue weighted by molar-refractivity contribution is 0.0237. The van der Waals surface area contributed by atoms with Crippen molar-refractivity contribution in [1.82, 2.24) is 15.1 Å². The molecule has 1 amide bonds. The van der Waals surface area contributed by atoms with Crippen molar-refractivity contribution in [2.45, 2.75) is 58.1 Å². The van der Waals surface area contributed by atoms with Crippen LogP contribution >= 0.6 is 24.0 Å². The Morgan fingerprint density at radius 2 is 2.00 bits per heavy atom. The molecule has 0 unspecified atom stereocenters. The zero-order valence-corrected chi connectivity index (χ0v) is 18.7. The van der Waals surface area contributed by atoms with Gasteiger partial charge in [-0.1, -0.05) is 6.08 Å². The van der Waals surface area contributed by atoms with Crippen molar-refractivity contribution in [2.75, 3.05) is 33.7 Å². The molecule has 0 saturated heterocycles. The molecule has 1 aliphatic rings. The van der Waals surface area contributed by atoms with Gasteiger partial charge in [0.25, 0.3) is 0 Å². The molecule has 7 heteroatoms. The number of hydrogen-bond donors (Lipinski definition) is 1. The Kier molecular flexibility index (Phi) is 11.1. The minimum absolute atomic E-state index is 0. The molecule has 0 aromatic rings. The lowest BCUT2D eigenvalue weighted by Crippen LogP contribution is -2.45. The zero-order valence-electron chi connectivity index (χ0n) is 16.4. The highest BCUT2D eigenvalue weighted by molar-refractivity contribution is 14.0. The number of ether oxygens (including phenoxy) is 1. The fraction of sp³-hybridized carbons (Fsp3) is 0.778. The molecule has 146 valence electrons. The van der Waals surface area contributed by atoms with Gasteiger partial charge in [0, 0.05) is 39.8 Å². The second kappa shape index (κ2) is 11.6. The summed E-state index contributed by atoms with van der Waals surface area (Å²) >= 11 is 0. The van der Waals surface area contributed by atoms with Crippen LogP contribution in [0.2, 0.25) is 0 Å². The molecule has 1 fully saturated rings. The van der Waals surface area contributed by atoms with Crippen LogP contribution < -0.4 is 5.32 Å². The molecule has 0 radical (unpaired) electrons. The first-order chi connectivity index (χ1) is 11.3. The van der Waals surface area contributed by atoms with E-state index in [1.165, 1.54) is 0 Å². The van der Waals surface area contributed by atoms with E-state index in [0.717, 1.165) is 38.2 Å². The van der Waals surface area contributed by atoms with E-state index in [9.17, 15) is 4.79 Å². The maximum Gasteiger partial charge on any atom is 0.410 e. The van der Waals surface area contributed by atoms with E-state index in [-0.39, 0.29) is 30.1 Å². The van der Waals surface area contributed by atoms with E-state index in [4.69, 9.17) is 4.74 Å². The summed E-state index contributed by atoms with van der Waals surface area (Å²) < 4.78 is 5.51. The van der Waals surface area contributed by atoms with Crippen molar-refractivity contribution in [3.8, 4) is 0 Å². The first kappa shape index (κ1) is 24.0. The molecule has 1 saturated carbocycles. The minimum atomic E-state index is -0.459. The van der Waals surface area contributed by atoms with Gasteiger partial charge in [-0.2, -0.15) is 0 Å². The largest absolute Gasteiger partial charge is 0.444 e. The lowest BCUT2D eigenvalue weighted by Gasteiger charge is -2.28. The number of hydrogen-bond acceptors (Lipinski definition) is 3. The molecule has 0 atom stereocenters.